The van der Waals surface area contributed by atoms with Gasteiger partial charge >= 0.3 is 5.97 Å². The number of aryl methyl sites for hydroxylation is 1. The Hall–Kier alpha value is -3.55. The number of anilines is 1. The molecule has 0 saturated heterocycles. The van der Waals surface area contributed by atoms with Crippen molar-refractivity contribution in [1.29, 1.82) is 0 Å². The third-order valence-corrected chi connectivity index (χ3v) is 6.89. The Bertz CT molecular complexity index is 1430. The number of hydrogen-bond acceptors (Lipinski definition) is 6. The zero-order chi connectivity index (χ0) is 27.9. The lowest BCUT2D eigenvalue weighted by Gasteiger charge is -2.14. The zero-order valence-electron chi connectivity index (χ0n) is 22.5. The molecular formula is C30H32Cl2N4O3. The average molecular weight is 568 g/mol. The largest absolute Gasteiger partial charge is 0.487 e. The summed E-state index contributed by atoms with van der Waals surface area (Å²) in [5.41, 5.74) is 5.96. The number of nitrogens with zero attached hydrogens (tertiary/aromatic N) is 3. The predicted molar refractivity (Wildman–Crippen MR) is 156 cm³/mol. The molecule has 0 fully saturated rings. The highest BCUT2D eigenvalue weighted by Gasteiger charge is 2.21. The number of aromatic nitrogens is 3. The molecular weight excluding hydrogens is 535 g/mol. The van der Waals surface area contributed by atoms with Crippen LogP contribution >= 0.6 is 23.2 Å². The van der Waals surface area contributed by atoms with Gasteiger partial charge in [-0.1, -0.05) is 60.5 Å². The van der Waals surface area contributed by atoms with Crippen molar-refractivity contribution in [2.45, 2.75) is 46.6 Å². The molecule has 3 aromatic carbocycles. The van der Waals surface area contributed by atoms with Gasteiger partial charge in [0.25, 0.3) is 0 Å². The van der Waals surface area contributed by atoms with Crippen molar-refractivity contribution in [3.63, 3.8) is 0 Å². The fraction of sp³-hybridized carbons (Fsp3) is 0.300. The Morgan fingerprint density at radius 2 is 1.79 bits per heavy atom. The van der Waals surface area contributed by atoms with E-state index in [1.165, 1.54) is 5.56 Å². The summed E-state index contributed by atoms with van der Waals surface area (Å²) in [4.78, 5) is 12.0. The van der Waals surface area contributed by atoms with Crippen LogP contribution in [-0.2, 0) is 17.8 Å². The highest BCUT2D eigenvalue weighted by molar-refractivity contribution is 6.37. The molecule has 0 aliphatic carbocycles. The molecule has 0 saturated carbocycles. The summed E-state index contributed by atoms with van der Waals surface area (Å²) in [6, 6.07) is 18.8. The first kappa shape index (κ1) is 28.5. The molecule has 9 heteroatoms. The number of rotatable bonds is 11. The Balaban J connectivity index is 1.42. The van der Waals surface area contributed by atoms with Crippen molar-refractivity contribution < 1.29 is 14.3 Å². The number of carbonyl (C=O) groups excluding carboxylic acids is 1. The van der Waals surface area contributed by atoms with Gasteiger partial charge in [0.15, 0.2) is 0 Å². The summed E-state index contributed by atoms with van der Waals surface area (Å²) in [5, 5.41) is 13.1. The number of carbonyl (C=O) groups is 1. The summed E-state index contributed by atoms with van der Waals surface area (Å²) in [5.74, 6) is 0.578. The molecule has 0 radical (unpaired) electrons. The molecule has 1 aromatic heterocycles. The van der Waals surface area contributed by atoms with Gasteiger partial charge in [-0.25, -0.2) is 9.48 Å². The monoisotopic (exact) mass is 566 g/mol. The number of ether oxygens (including phenoxy) is 2. The van der Waals surface area contributed by atoms with Crippen LogP contribution in [0.5, 0.6) is 5.75 Å². The van der Waals surface area contributed by atoms with E-state index >= 15 is 0 Å². The van der Waals surface area contributed by atoms with Crippen molar-refractivity contribution in [2.24, 2.45) is 0 Å². The molecule has 0 spiro atoms. The third-order valence-electron chi connectivity index (χ3n) is 6.28. The van der Waals surface area contributed by atoms with Crippen LogP contribution in [0.1, 0.15) is 59.6 Å². The summed E-state index contributed by atoms with van der Waals surface area (Å²) in [6.07, 6.45) is 0.814. The Morgan fingerprint density at radius 1 is 1.05 bits per heavy atom. The van der Waals surface area contributed by atoms with Gasteiger partial charge in [0.2, 0.25) is 0 Å². The fourth-order valence-electron chi connectivity index (χ4n) is 4.27. The summed E-state index contributed by atoms with van der Waals surface area (Å²) in [6.45, 7) is 9.32. The van der Waals surface area contributed by atoms with Crippen LogP contribution in [0.2, 0.25) is 10.0 Å². The first-order valence-corrected chi connectivity index (χ1v) is 13.7. The molecule has 204 valence electrons. The summed E-state index contributed by atoms with van der Waals surface area (Å²) >= 11 is 12.9. The molecule has 1 N–H and O–H groups in total. The van der Waals surface area contributed by atoms with E-state index in [4.69, 9.17) is 32.7 Å². The smallest absolute Gasteiger partial charge is 0.338 e. The molecule has 0 aliphatic heterocycles. The Morgan fingerprint density at radius 3 is 2.49 bits per heavy atom. The lowest BCUT2D eigenvalue weighted by Crippen LogP contribution is -2.10. The van der Waals surface area contributed by atoms with E-state index in [9.17, 15) is 4.79 Å². The highest BCUT2D eigenvalue weighted by atomic mass is 35.5. The zero-order valence-corrected chi connectivity index (χ0v) is 24.0. The van der Waals surface area contributed by atoms with E-state index in [1.54, 1.807) is 35.9 Å². The molecule has 0 atom stereocenters. The second-order valence-corrected chi connectivity index (χ2v) is 10.2. The van der Waals surface area contributed by atoms with Crippen molar-refractivity contribution >= 4 is 34.9 Å². The van der Waals surface area contributed by atoms with Crippen molar-refractivity contribution in [2.75, 3.05) is 18.5 Å². The highest BCUT2D eigenvalue weighted by Crippen LogP contribution is 2.31. The summed E-state index contributed by atoms with van der Waals surface area (Å²) in [7, 11) is 0. The van der Waals surface area contributed by atoms with Crippen LogP contribution in [-0.4, -0.2) is 34.1 Å². The van der Waals surface area contributed by atoms with Gasteiger partial charge in [-0.15, -0.1) is 5.10 Å². The average Bonchev–Trinajstić information content (AvgIpc) is 3.32. The molecule has 1 heterocycles. The fourth-order valence-corrected chi connectivity index (χ4v) is 4.83. The van der Waals surface area contributed by atoms with Crippen LogP contribution in [0.3, 0.4) is 0 Å². The lowest BCUT2D eigenvalue weighted by atomic mass is 10.1. The Labute approximate surface area is 239 Å². The summed E-state index contributed by atoms with van der Waals surface area (Å²) < 4.78 is 13.0. The van der Waals surface area contributed by atoms with E-state index in [0.29, 0.717) is 34.4 Å². The van der Waals surface area contributed by atoms with Crippen molar-refractivity contribution in [1.82, 2.24) is 15.0 Å². The first-order valence-electron chi connectivity index (χ1n) is 12.9. The SMILES string of the molecule is CCOC(=O)c1cccc(NCCc2ccc(OCc3c(C(C)C)nnn3-c3c(Cl)cccc3Cl)cc2C)c1. The molecule has 7 nitrogen and oxygen atoms in total. The normalized spacial score (nSPS) is 11.1. The molecule has 0 amide bonds. The number of hydrogen-bond donors (Lipinski definition) is 1. The maximum Gasteiger partial charge on any atom is 0.338 e. The van der Waals surface area contributed by atoms with Crippen molar-refractivity contribution in [3.8, 4) is 11.4 Å². The van der Waals surface area contributed by atoms with Gasteiger partial charge < -0.3 is 14.8 Å². The number of esters is 1. The lowest BCUT2D eigenvalue weighted by molar-refractivity contribution is 0.0526. The number of benzene rings is 3. The molecule has 39 heavy (non-hydrogen) atoms. The third kappa shape index (κ3) is 6.91. The number of halogens is 2. The number of para-hydroxylation sites is 1. The molecule has 0 unspecified atom stereocenters. The molecule has 4 aromatic rings. The molecule has 4 rings (SSSR count). The minimum absolute atomic E-state index is 0.146. The van der Waals surface area contributed by atoms with E-state index in [1.807, 2.05) is 30.3 Å². The van der Waals surface area contributed by atoms with Crippen LogP contribution in [0.25, 0.3) is 5.69 Å². The Kier molecular flexibility index (Phi) is 9.49. The maximum absolute atomic E-state index is 12.0. The van der Waals surface area contributed by atoms with Gasteiger partial charge in [0.1, 0.15) is 23.7 Å². The standard InChI is InChI=1S/C30H32Cl2N4O3/c1-5-38-30(37)22-8-6-9-23(17-22)33-15-14-21-12-13-24(16-20(21)4)39-18-27-28(19(2)3)34-35-36(27)29-25(31)10-7-11-26(29)32/h6-13,16-17,19,33H,5,14-15,18H2,1-4H3. The second kappa shape index (κ2) is 13.0. The quantitative estimate of drug-likeness (QED) is 0.190. The minimum atomic E-state index is -0.318. The molecule has 0 bridgehead atoms. The number of nitrogens with one attached hydrogen (secondary N) is 1. The van der Waals surface area contributed by atoms with Crippen molar-refractivity contribution in [3.05, 3.63) is 98.8 Å². The predicted octanol–water partition coefficient (Wildman–Crippen LogP) is 7.42. The maximum atomic E-state index is 12.0. The van der Waals surface area contributed by atoms with E-state index in [2.05, 4.69) is 42.5 Å². The van der Waals surface area contributed by atoms with E-state index < -0.39 is 0 Å². The van der Waals surface area contributed by atoms with Crippen LogP contribution < -0.4 is 10.1 Å². The minimum Gasteiger partial charge on any atom is -0.487 e. The first-order chi connectivity index (χ1) is 18.8. The second-order valence-electron chi connectivity index (χ2n) is 9.41. The van der Waals surface area contributed by atoms with Crippen LogP contribution in [0.4, 0.5) is 5.69 Å². The molecule has 0 aliphatic rings. The van der Waals surface area contributed by atoms with Gasteiger partial charge in [0, 0.05) is 12.2 Å². The van der Waals surface area contributed by atoms with Crippen LogP contribution in [0.15, 0.2) is 60.7 Å². The van der Waals surface area contributed by atoms with E-state index in [-0.39, 0.29) is 18.5 Å². The van der Waals surface area contributed by atoms with E-state index in [0.717, 1.165) is 34.8 Å². The van der Waals surface area contributed by atoms with Gasteiger partial charge in [-0.05, 0) is 79.8 Å². The van der Waals surface area contributed by atoms with Gasteiger partial charge in [0.05, 0.1) is 27.9 Å². The van der Waals surface area contributed by atoms with Gasteiger partial charge in [-0.2, -0.15) is 0 Å². The topological polar surface area (TPSA) is 78.3 Å². The van der Waals surface area contributed by atoms with Crippen LogP contribution in [0, 0.1) is 6.92 Å². The van der Waals surface area contributed by atoms with Gasteiger partial charge in [-0.3, -0.25) is 0 Å².